The highest BCUT2D eigenvalue weighted by molar-refractivity contribution is 5.37. The third kappa shape index (κ3) is 2.65. The van der Waals surface area contributed by atoms with Gasteiger partial charge in [-0.25, -0.2) is 14.0 Å². The molecular formula is C17H17N3O2. The van der Waals surface area contributed by atoms with Crippen LogP contribution >= 0.6 is 0 Å². The lowest BCUT2D eigenvalue weighted by Crippen LogP contribution is -2.24. The zero-order valence-electron chi connectivity index (χ0n) is 12.6. The Morgan fingerprint density at radius 3 is 2.36 bits per heavy atom. The molecule has 3 rings (SSSR count). The first-order valence-corrected chi connectivity index (χ1v) is 7.04. The summed E-state index contributed by atoms with van der Waals surface area (Å²) in [4.78, 5) is 12.6. The number of benzene rings is 2. The van der Waals surface area contributed by atoms with Crippen molar-refractivity contribution in [2.45, 2.75) is 13.5 Å². The molecule has 3 aromatic rings. The van der Waals surface area contributed by atoms with Gasteiger partial charge in [0.15, 0.2) is 0 Å². The second kappa shape index (κ2) is 5.89. The van der Waals surface area contributed by atoms with Gasteiger partial charge < -0.3 is 4.74 Å². The summed E-state index contributed by atoms with van der Waals surface area (Å²) in [6.45, 7) is 2.29. The average molecular weight is 295 g/mol. The summed E-state index contributed by atoms with van der Waals surface area (Å²) in [7, 11) is 1.62. The molecule has 0 N–H and O–H groups in total. The van der Waals surface area contributed by atoms with Gasteiger partial charge in [0.2, 0.25) is 0 Å². The monoisotopic (exact) mass is 295 g/mol. The second-order valence-corrected chi connectivity index (χ2v) is 5.01. The Bertz CT molecular complexity index is 817. The van der Waals surface area contributed by atoms with Crippen molar-refractivity contribution in [3.8, 4) is 11.4 Å². The molecule has 0 aliphatic carbocycles. The Morgan fingerprint density at radius 2 is 1.73 bits per heavy atom. The lowest BCUT2D eigenvalue weighted by atomic mass is 10.2. The maximum absolute atomic E-state index is 12.6. The van der Waals surface area contributed by atoms with Gasteiger partial charge in [-0.05, 0) is 36.8 Å². The summed E-state index contributed by atoms with van der Waals surface area (Å²) in [6, 6.07) is 17.2. The third-order valence-corrected chi connectivity index (χ3v) is 3.51. The van der Waals surface area contributed by atoms with E-state index in [1.165, 1.54) is 4.68 Å². The maximum Gasteiger partial charge on any atom is 0.350 e. The highest BCUT2D eigenvalue weighted by Crippen LogP contribution is 2.14. The van der Waals surface area contributed by atoms with Crippen molar-refractivity contribution in [2.75, 3.05) is 7.11 Å². The number of nitrogens with zero attached hydrogens (tertiary/aromatic N) is 3. The molecule has 0 spiro atoms. The van der Waals surface area contributed by atoms with Crippen LogP contribution in [0.5, 0.6) is 5.75 Å². The molecule has 0 aliphatic heterocycles. The Balaban J connectivity index is 1.97. The molecule has 1 heterocycles. The van der Waals surface area contributed by atoms with Gasteiger partial charge >= 0.3 is 5.69 Å². The van der Waals surface area contributed by atoms with Gasteiger partial charge in [0, 0.05) is 0 Å². The van der Waals surface area contributed by atoms with Crippen LogP contribution in [0.4, 0.5) is 0 Å². The fourth-order valence-electron chi connectivity index (χ4n) is 2.40. The lowest BCUT2D eigenvalue weighted by Gasteiger charge is -2.04. The van der Waals surface area contributed by atoms with Crippen molar-refractivity contribution in [2.24, 2.45) is 0 Å². The van der Waals surface area contributed by atoms with Crippen LogP contribution in [0, 0.1) is 6.92 Å². The molecule has 22 heavy (non-hydrogen) atoms. The van der Waals surface area contributed by atoms with E-state index >= 15 is 0 Å². The fraction of sp³-hybridized carbons (Fsp3) is 0.176. The van der Waals surface area contributed by atoms with Gasteiger partial charge in [-0.2, -0.15) is 5.10 Å². The first kappa shape index (κ1) is 14.1. The van der Waals surface area contributed by atoms with E-state index in [1.807, 2.05) is 61.5 Å². The van der Waals surface area contributed by atoms with Crippen LogP contribution in [0.15, 0.2) is 59.4 Å². The van der Waals surface area contributed by atoms with Gasteiger partial charge in [-0.15, -0.1) is 0 Å². The number of aryl methyl sites for hydroxylation is 1. The number of hydrogen-bond donors (Lipinski definition) is 0. The van der Waals surface area contributed by atoms with Crippen molar-refractivity contribution in [3.05, 3.63) is 76.5 Å². The molecule has 0 saturated heterocycles. The highest BCUT2D eigenvalue weighted by Gasteiger charge is 2.12. The summed E-state index contributed by atoms with van der Waals surface area (Å²) in [5.41, 5.74) is 1.68. The Labute approximate surface area is 128 Å². The van der Waals surface area contributed by atoms with Gasteiger partial charge in [0.25, 0.3) is 0 Å². The van der Waals surface area contributed by atoms with Crippen molar-refractivity contribution in [1.82, 2.24) is 14.3 Å². The molecule has 1 aromatic heterocycles. The van der Waals surface area contributed by atoms with Crippen molar-refractivity contribution >= 4 is 0 Å². The van der Waals surface area contributed by atoms with E-state index in [9.17, 15) is 4.79 Å². The quantitative estimate of drug-likeness (QED) is 0.742. The molecule has 0 amide bonds. The predicted molar refractivity (Wildman–Crippen MR) is 84.7 cm³/mol. The average Bonchev–Trinajstić information content (AvgIpc) is 2.82. The van der Waals surface area contributed by atoms with Crippen LogP contribution in [-0.4, -0.2) is 21.5 Å². The lowest BCUT2D eigenvalue weighted by molar-refractivity contribution is 0.414. The predicted octanol–water partition coefficient (Wildman–Crippen LogP) is 2.40. The van der Waals surface area contributed by atoms with Crippen LogP contribution in [0.1, 0.15) is 11.4 Å². The summed E-state index contributed by atoms with van der Waals surface area (Å²) in [5, 5.41) is 4.36. The van der Waals surface area contributed by atoms with Gasteiger partial charge in [0.05, 0.1) is 19.3 Å². The van der Waals surface area contributed by atoms with Crippen molar-refractivity contribution in [3.63, 3.8) is 0 Å². The summed E-state index contributed by atoms with van der Waals surface area (Å²) in [6.07, 6.45) is 0. The topological polar surface area (TPSA) is 49.0 Å². The summed E-state index contributed by atoms with van der Waals surface area (Å²) < 4.78 is 8.22. The molecule has 0 saturated carbocycles. The molecule has 5 nitrogen and oxygen atoms in total. The molecule has 5 heteroatoms. The summed E-state index contributed by atoms with van der Waals surface area (Å²) >= 11 is 0. The Morgan fingerprint density at radius 1 is 1.05 bits per heavy atom. The van der Waals surface area contributed by atoms with Gasteiger partial charge in [-0.3, -0.25) is 0 Å². The normalized spacial score (nSPS) is 10.6. The smallest absolute Gasteiger partial charge is 0.350 e. The van der Waals surface area contributed by atoms with Gasteiger partial charge in [0.1, 0.15) is 11.6 Å². The minimum absolute atomic E-state index is 0.147. The number of aromatic nitrogens is 3. The second-order valence-electron chi connectivity index (χ2n) is 5.01. The van der Waals surface area contributed by atoms with Crippen LogP contribution in [-0.2, 0) is 6.54 Å². The SMILES string of the molecule is COc1ccc(-n2c(C)nn(Cc3ccccc3)c2=O)cc1. The number of rotatable bonds is 4. The van der Waals surface area contributed by atoms with E-state index in [4.69, 9.17) is 4.74 Å². The van der Waals surface area contributed by atoms with Crippen LogP contribution < -0.4 is 10.4 Å². The minimum atomic E-state index is -0.147. The van der Waals surface area contributed by atoms with E-state index in [-0.39, 0.29) is 5.69 Å². The van der Waals surface area contributed by atoms with Crippen molar-refractivity contribution < 1.29 is 4.74 Å². The van der Waals surface area contributed by atoms with E-state index in [0.29, 0.717) is 12.4 Å². The fourth-order valence-corrected chi connectivity index (χ4v) is 2.40. The molecular weight excluding hydrogens is 278 g/mol. The standard InChI is InChI=1S/C17H17N3O2/c1-13-18-19(12-14-6-4-3-5-7-14)17(21)20(13)15-8-10-16(22-2)11-9-15/h3-11H,12H2,1-2H3. The van der Waals surface area contributed by atoms with Crippen molar-refractivity contribution in [1.29, 1.82) is 0 Å². The van der Waals surface area contributed by atoms with Crippen LogP contribution in [0.2, 0.25) is 0 Å². The molecule has 0 unspecified atom stereocenters. The number of methoxy groups -OCH3 is 1. The van der Waals surface area contributed by atoms with E-state index < -0.39 is 0 Å². The molecule has 0 aliphatic rings. The Hall–Kier alpha value is -2.82. The Kier molecular flexibility index (Phi) is 3.78. The largest absolute Gasteiger partial charge is 0.497 e. The molecule has 0 radical (unpaired) electrons. The first-order chi connectivity index (χ1) is 10.7. The van der Waals surface area contributed by atoms with Gasteiger partial charge in [-0.1, -0.05) is 30.3 Å². The van der Waals surface area contributed by atoms with Crippen LogP contribution in [0.25, 0.3) is 5.69 Å². The van der Waals surface area contributed by atoms with Crippen LogP contribution in [0.3, 0.4) is 0 Å². The highest BCUT2D eigenvalue weighted by atomic mass is 16.5. The van der Waals surface area contributed by atoms with E-state index in [1.54, 1.807) is 11.7 Å². The minimum Gasteiger partial charge on any atom is -0.497 e. The molecule has 0 atom stereocenters. The maximum atomic E-state index is 12.6. The zero-order valence-corrected chi connectivity index (χ0v) is 12.6. The molecule has 0 fully saturated rings. The zero-order chi connectivity index (χ0) is 15.5. The van der Waals surface area contributed by atoms with E-state index in [2.05, 4.69) is 5.10 Å². The third-order valence-electron chi connectivity index (χ3n) is 3.51. The number of hydrogen-bond acceptors (Lipinski definition) is 3. The van der Waals surface area contributed by atoms with E-state index in [0.717, 1.165) is 17.0 Å². The molecule has 112 valence electrons. The first-order valence-electron chi connectivity index (χ1n) is 7.04. The molecule has 2 aromatic carbocycles. The molecule has 0 bridgehead atoms. The summed E-state index contributed by atoms with van der Waals surface area (Å²) in [5.74, 6) is 1.41. The number of ether oxygens (including phenoxy) is 1.